The molecule has 5 heteroatoms. The van der Waals surface area contributed by atoms with Gasteiger partial charge in [-0.15, -0.1) is 0 Å². The maximum Gasteiger partial charge on any atom is 0.220 e. The number of pyridine rings is 2. The monoisotopic (exact) mass is 487 g/mol. The zero-order valence-corrected chi connectivity index (χ0v) is 21.7. The maximum absolute atomic E-state index is 10.6. The summed E-state index contributed by atoms with van der Waals surface area (Å²) in [6.07, 6.45) is 1.85. The van der Waals surface area contributed by atoms with Gasteiger partial charge in [0.1, 0.15) is 22.8 Å². The summed E-state index contributed by atoms with van der Waals surface area (Å²) in [6, 6.07) is 24.1. The molecule has 0 saturated carbocycles. The molecule has 1 N–H and O–H groups in total. The number of hydrogen-bond acceptors (Lipinski definition) is 4. The van der Waals surface area contributed by atoms with Crippen LogP contribution in [-0.4, -0.2) is 19.6 Å². The van der Waals surface area contributed by atoms with Gasteiger partial charge in [-0.2, -0.15) is 0 Å². The van der Waals surface area contributed by atoms with E-state index >= 15 is 0 Å². The van der Waals surface area contributed by atoms with Crippen molar-refractivity contribution < 1.29 is 9.84 Å². The van der Waals surface area contributed by atoms with E-state index in [4.69, 9.17) is 9.72 Å². The van der Waals surface area contributed by atoms with E-state index in [1.165, 1.54) is 10.9 Å². The molecule has 0 aliphatic rings. The quantitative estimate of drug-likeness (QED) is 0.274. The number of para-hydroxylation sites is 2. The first-order valence-electron chi connectivity index (χ1n) is 12.5. The minimum Gasteiger partial charge on any atom is -0.506 e. The fraction of sp³-hybridized carbons (Fsp3) is 0.188. The Balaban J connectivity index is 1.56. The average Bonchev–Trinajstić information content (AvgIpc) is 3.18. The van der Waals surface area contributed by atoms with E-state index < -0.39 is 0 Å². The zero-order valence-electron chi connectivity index (χ0n) is 21.7. The van der Waals surface area contributed by atoms with Crippen LogP contribution in [0.4, 0.5) is 0 Å². The molecule has 184 valence electrons. The Morgan fingerprint density at radius 1 is 0.838 bits per heavy atom. The molecule has 0 radical (unpaired) electrons. The molecule has 0 aliphatic carbocycles. The fourth-order valence-corrected chi connectivity index (χ4v) is 5.17. The molecule has 0 amide bonds. The number of rotatable bonds is 3. The van der Waals surface area contributed by atoms with Crippen molar-refractivity contribution in [2.45, 2.75) is 40.0 Å². The van der Waals surface area contributed by atoms with Gasteiger partial charge in [-0.1, -0.05) is 51.1 Å². The van der Waals surface area contributed by atoms with Crippen molar-refractivity contribution in [3.05, 3.63) is 95.7 Å². The standard InChI is InChI=1S/C32H29N3O2/c1-19-14-15-33-28(16-19)35-26-17-21(12-13-22(26)23-9-6-8-20(2)31(23)35)37-29-18-25(32(3,4)5)24-10-7-11-27(36)30(24)34-29/h6-18,36H,1-5H3. The van der Waals surface area contributed by atoms with E-state index in [2.05, 4.69) is 74.5 Å². The minimum atomic E-state index is -0.155. The Bertz CT molecular complexity index is 1830. The first kappa shape index (κ1) is 23.0. The van der Waals surface area contributed by atoms with Gasteiger partial charge in [0.15, 0.2) is 0 Å². The molecule has 3 aromatic heterocycles. The second-order valence-corrected chi connectivity index (χ2v) is 10.7. The lowest BCUT2D eigenvalue weighted by Crippen LogP contribution is -2.12. The van der Waals surface area contributed by atoms with Gasteiger partial charge in [-0.05, 0) is 66.3 Å². The van der Waals surface area contributed by atoms with Crippen LogP contribution in [0.3, 0.4) is 0 Å². The zero-order chi connectivity index (χ0) is 25.9. The summed E-state index contributed by atoms with van der Waals surface area (Å²) in [6.45, 7) is 10.7. The summed E-state index contributed by atoms with van der Waals surface area (Å²) < 4.78 is 8.58. The number of aromatic hydroxyl groups is 1. The molecule has 0 saturated heterocycles. The second-order valence-electron chi connectivity index (χ2n) is 10.7. The predicted molar refractivity (Wildman–Crippen MR) is 150 cm³/mol. The van der Waals surface area contributed by atoms with Gasteiger partial charge in [0, 0.05) is 34.5 Å². The number of aryl methyl sites for hydroxylation is 2. The molecule has 0 fully saturated rings. The van der Waals surface area contributed by atoms with Crippen LogP contribution in [0, 0.1) is 13.8 Å². The number of fused-ring (bicyclic) bond motifs is 4. The van der Waals surface area contributed by atoms with Crippen molar-refractivity contribution in [2.24, 2.45) is 0 Å². The van der Waals surface area contributed by atoms with Crippen LogP contribution >= 0.6 is 0 Å². The molecular weight excluding hydrogens is 458 g/mol. The molecule has 0 bridgehead atoms. The van der Waals surface area contributed by atoms with E-state index in [1.54, 1.807) is 6.07 Å². The lowest BCUT2D eigenvalue weighted by molar-refractivity contribution is 0.457. The number of hydrogen-bond donors (Lipinski definition) is 1. The summed E-state index contributed by atoms with van der Waals surface area (Å²) in [5, 5.41) is 13.8. The smallest absolute Gasteiger partial charge is 0.220 e. The van der Waals surface area contributed by atoms with Gasteiger partial charge in [-0.3, -0.25) is 4.57 Å². The van der Waals surface area contributed by atoms with Crippen LogP contribution in [0.15, 0.2) is 79.0 Å². The highest BCUT2D eigenvalue weighted by Gasteiger charge is 2.21. The van der Waals surface area contributed by atoms with Gasteiger partial charge in [0.2, 0.25) is 5.88 Å². The summed E-state index contributed by atoms with van der Waals surface area (Å²) >= 11 is 0. The van der Waals surface area contributed by atoms with Gasteiger partial charge >= 0.3 is 0 Å². The van der Waals surface area contributed by atoms with Crippen LogP contribution in [0.5, 0.6) is 17.4 Å². The topological polar surface area (TPSA) is 60.2 Å². The van der Waals surface area contributed by atoms with Gasteiger partial charge in [-0.25, -0.2) is 9.97 Å². The number of phenols is 1. The molecule has 0 atom stereocenters. The molecule has 6 aromatic rings. The van der Waals surface area contributed by atoms with Crippen molar-refractivity contribution >= 4 is 32.7 Å². The van der Waals surface area contributed by atoms with Gasteiger partial charge < -0.3 is 9.84 Å². The van der Waals surface area contributed by atoms with Crippen LogP contribution in [0.1, 0.15) is 37.5 Å². The third-order valence-corrected chi connectivity index (χ3v) is 6.92. The third kappa shape index (κ3) is 3.87. The first-order chi connectivity index (χ1) is 17.7. The van der Waals surface area contributed by atoms with Crippen LogP contribution in [0.25, 0.3) is 38.5 Å². The van der Waals surface area contributed by atoms with Gasteiger partial charge in [0.25, 0.3) is 0 Å². The molecular formula is C32H29N3O2. The molecule has 5 nitrogen and oxygen atoms in total. The summed E-state index contributed by atoms with van der Waals surface area (Å²) in [5.41, 5.74) is 5.93. The molecule has 3 aromatic carbocycles. The van der Waals surface area contributed by atoms with Crippen LogP contribution in [-0.2, 0) is 5.41 Å². The number of aromatic nitrogens is 3. The van der Waals surface area contributed by atoms with Crippen molar-refractivity contribution in [2.75, 3.05) is 0 Å². The SMILES string of the molecule is Cc1ccnc(-n2c3cc(Oc4cc(C(C)(C)C)c5cccc(O)c5n4)ccc3c3cccc(C)c32)c1. The molecule has 0 spiro atoms. The maximum atomic E-state index is 10.6. The van der Waals surface area contributed by atoms with Crippen molar-refractivity contribution in [3.63, 3.8) is 0 Å². The van der Waals surface area contributed by atoms with E-state index in [9.17, 15) is 5.11 Å². The summed E-state index contributed by atoms with van der Waals surface area (Å²) in [4.78, 5) is 9.38. The highest BCUT2D eigenvalue weighted by molar-refractivity contribution is 6.10. The molecule has 3 heterocycles. The van der Waals surface area contributed by atoms with E-state index in [0.29, 0.717) is 17.1 Å². The number of benzene rings is 3. The van der Waals surface area contributed by atoms with Crippen molar-refractivity contribution in [3.8, 4) is 23.2 Å². The third-order valence-electron chi connectivity index (χ3n) is 6.92. The second kappa shape index (κ2) is 8.34. The molecule has 6 rings (SSSR count). The van der Waals surface area contributed by atoms with Crippen molar-refractivity contribution in [1.82, 2.24) is 14.5 Å². The van der Waals surface area contributed by atoms with E-state index in [0.717, 1.165) is 38.8 Å². The Morgan fingerprint density at radius 2 is 1.62 bits per heavy atom. The average molecular weight is 488 g/mol. The van der Waals surface area contributed by atoms with Crippen LogP contribution < -0.4 is 4.74 Å². The minimum absolute atomic E-state index is 0.144. The first-order valence-corrected chi connectivity index (χ1v) is 12.5. The highest BCUT2D eigenvalue weighted by Crippen LogP contribution is 2.39. The highest BCUT2D eigenvalue weighted by atomic mass is 16.5. The van der Waals surface area contributed by atoms with Crippen molar-refractivity contribution in [1.29, 1.82) is 0 Å². The number of ether oxygens (including phenoxy) is 1. The Hall–Kier alpha value is -4.38. The number of phenolic OH excluding ortho intramolecular Hbond substituents is 1. The molecule has 37 heavy (non-hydrogen) atoms. The molecule has 0 unspecified atom stereocenters. The normalized spacial score (nSPS) is 12.0. The largest absolute Gasteiger partial charge is 0.506 e. The Kier molecular flexibility index (Phi) is 5.19. The summed E-state index contributed by atoms with van der Waals surface area (Å²) in [5.74, 6) is 2.13. The number of nitrogens with zero attached hydrogens (tertiary/aromatic N) is 3. The van der Waals surface area contributed by atoms with E-state index in [-0.39, 0.29) is 11.2 Å². The fourth-order valence-electron chi connectivity index (χ4n) is 5.17. The lowest BCUT2D eigenvalue weighted by atomic mass is 9.85. The predicted octanol–water partition coefficient (Wildman–Crippen LogP) is 8.14. The lowest BCUT2D eigenvalue weighted by Gasteiger charge is -2.22. The Labute approximate surface area is 216 Å². The molecule has 0 aliphatic heterocycles. The van der Waals surface area contributed by atoms with E-state index in [1.807, 2.05) is 42.6 Å². The van der Waals surface area contributed by atoms with Crippen LogP contribution in [0.2, 0.25) is 0 Å². The Morgan fingerprint density at radius 3 is 2.41 bits per heavy atom. The summed E-state index contributed by atoms with van der Waals surface area (Å²) in [7, 11) is 0. The van der Waals surface area contributed by atoms with Gasteiger partial charge in [0.05, 0.1) is 11.0 Å².